The highest BCUT2D eigenvalue weighted by molar-refractivity contribution is 6.32. The molecule has 0 aliphatic heterocycles. The van der Waals surface area contributed by atoms with Gasteiger partial charge in [-0.2, -0.15) is 14.5 Å². The fourth-order valence-corrected chi connectivity index (χ4v) is 3.57. The smallest absolute Gasteiger partial charge is 0.368 e. The van der Waals surface area contributed by atoms with Gasteiger partial charge < -0.3 is 4.74 Å². The Labute approximate surface area is 178 Å². The van der Waals surface area contributed by atoms with Gasteiger partial charge in [-0.3, -0.25) is 0 Å². The molecule has 0 saturated heterocycles. The fraction of sp³-hybridized carbons (Fsp3) is 0.238. The summed E-state index contributed by atoms with van der Waals surface area (Å²) >= 11 is 6.50. The van der Waals surface area contributed by atoms with E-state index in [1.165, 1.54) is 9.36 Å². The molecule has 0 unspecified atom stereocenters. The second-order valence-corrected chi connectivity index (χ2v) is 7.52. The molecule has 154 valence electrons. The van der Waals surface area contributed by atoms with Crippen molar-refractivity contribution in [1.82, 2.24) is 29.6 Å². The molecule has 0 spiro atoms. The molecule has 0 N–H and O–H groups in total. The Balaban J connectivity index is 1.62. The molecule has 4 rings (SSSR count). The zero-order chi connectivity index (χ0) is 21.4. The molecule has 2 heterocycles. The maximum absolute atomic E-state index is 12.3. The van der Waals surface area contributed by atoms with Gasteiger partial charge in [-0.25, -0.2) is 9.48 Å². The summed E-state index contributed by atoms with van der Waals surface area (Å²) in [5.41, 5.74) is 4.86. The summed E-state index contributed by atoms with van der Waals surface area (Å²) in [4.78, 5) is 12.3. The summed E-state index contributed by atoms with van der Waals surface area (Å²) in [6.45, 7) is 6.13. The maximum atomic E-state index is 12.3. The van der Waals surface area contributed by atoms with E-state index in [9.17, 15) is 4.79 Å². The molecule has 2 aromatic heterocycles. The lowest BCUT2D eigenvalue weighted by Gasteiger charge is -2.14. The van der Waals surface area contributed by atoms with Crippen molar-refractivity contribution in [2.45, 2.75) is 27.4 Å². The minimum Gasteiger partial charge on any atom is -0.489 e. The summed E-state index contributed by atoms with van der Waals surface area (Å²) in [5, 5.41) is 12.7. The van der Waals surface area contributed by atoms with Crippen LogP contribution in [-0.4, -0.2) is 29.6 Å². The average Bonchev–Trinajstić information content (AvgIpc) is 3.21. The molecule has 0 aliphatic carbocycles. The van der Waals surface area contributed by atoms with Gasteiger partial charge in [-0.15, -0.1) is 0 Å². The number of benzene rings is 2. The van der Waals surface area contributed by atoms with E-state index in [0.29, 0.717) is 16.5 Å². The van der Waals surface area contributed by atoms with Crippen LogP contribution in [0, 0.1) is 20.8 Å². The van der Waals surface area contributed by atoms with Crippen LogP contribution in [-0.2, 0) is 13.7 Å². The number of aryl methyl sites for hydroxylation is 4. The summed E-state index contributed by atoms with van der Waals surface area (Å²) in [5.74, 6) is 0.617. The second kappa shape index (κ2) is 7.79. The van der Waals surface area contributed by atoms with E-state index in [1.807, 2.05) is 57.2 Å². The van der Waals surface area contributed by atoms with E-state index in [1.54, 1.807) is 17.8 Å². The number of ether oxygens (including phenoxy) is 1. The van der Waals surface area contributed by atoms with E-state index in [0.717, 1.165) is 28.2 Å². The Kier molecular flexibility index (Phi) is 5.17. The van der Waals surface area contributed by atoms with Gasteiger partial charge in [-0.05, 0) is 61.0 Å². The van der Waals surface area contributed by atoms with E-state index >= 15 is 0 Å². The van der Waals surface area contributed by atoms with E-state index in [2.05, 4.69) is 15.5 Å². The molecule has 30 heavy (non-hydrogen) atoms. The normalized spacial score (nSPS) is 11.1. The minimum atomic E-state index is -0.320. The quantitative estimate of drug-likeness (QED) is 0.491. The largest absolute Gasteiger partial charge is 0.489 e. The standard InChI is InChI=1S/C21H21ClN6O2/c1-13-6-5-7-19(28-21(29)26(4)24-25-28)17(13)12-30-16-8-9-20(18(22)11-16)27-15(3)10-14(2)23-27/h5-11H,12H2,1-4H3. The zero-order valence-electron chi connectivity index (χ0n) is 17.1. The number of hydrogen-bond acceptors (Lipinski definition) is 5. The monoisotopic (exact) mass is 424 g/mol. The first-order chi connectivity index (χ1) is 14.3. The highest BCUT2D eigenvalue weighted by Crippen LogP contribution is 2.28. The van der Waals surface area contributed by atoms with Gasteiger partial charge in [0.15, 0.2) is 0 Å². The van der Waals surface area contributed by atoms with Crippen LogP contribution < -0.4 is 10.4 Å². The van der Waals surface area contributed by atoms with Crippen molar-refractivity contribution < 1.29 is 4.74 Å². The van der Waals surface area contributed by atoms with Crippen LogP contribution in [0.15, 0.2) is 47.3 Å². The molecule has 0 aliphatic rings. The summed E-state index contributed by atoms with van der Waals surface area (Å²) in [6, 6.07) is 13.1. The van der Waals surface area contributed by atoms with E-state index in [4.69, 9.17) is 16.3 Å². The van der Waals surface area contributed by atoms with Crippen molar-refractivity contribution in [1.29, 1.82) is 0 Å². The molecule has 0 saturated carbocycles. The molecule has 0 amide bonds. The molecule has 0 bridgehead atoms. The van der Waals surface area contributed by atoms with Crippen LogP contribution in [0.4, 0.5) is 0 Å². The molecular formula is C21H21ClN6O2. The van der Waals surface area contributed by atoms with Gasteiger partial charge in [0, 0.05) is 24.4 Å². The Morgan fingerprint density at radius 1 is 1.00 bits per heavy atom. The third kappa shape index (κ3) is 3.61. The lowest BCUT2D eigenvalue weighted by Crippen LogP contribution is -2.23. The van der Waals surface area contributed by atoms with Crippen LogP contribution in [0.2, 0.25) is 5.02 Å². The SMILES string of the molecule is Cc1cc(C)n(-c2ccc(OCc3c(C)cccc3-n3nnn(C)c3=O)cc2Cl)n1. The first kappa shape index (κ1) is 19.9. The summed E-state index contributed by atoms with van der Waals surface area (Å²) in [7, 11) is 1.56. The molecule has 8 nitrogen and oxygen atoms in total. The van der Waals surface area contributed by atoms with Crippen molar-refractivity contribution in [2.75, 3.05) is 0 Å². The molecule has 0 radical (unpaired) electrons. The van der Waals surface area contributed by atoms with Crippen molar-refractivity contribution in [3.05, 3.63) is 80.5 Å². The van der Waals surface area contributed by atoms with Crippen molar-refractivity contribution in [3.63, 3.8) is 0 Å². The summed E-state index contributed by atoms with van der Waals surface area (Å²) < 4.78 is 10.3. The Morgan fingerprint density at radius 2 is 1.80 bits per heavy atom. The third-order valence-electron chi connectivity index (χ3n) is 4.88. The zero-order valence-corrected chi connectivity index (χ0v) is 17.9. The van der Waals surface area contributed by atoms with Crippen LogP contribution in [0.25, 0.3) is 11.4 Å². The predicted molar refractivity (Wildman–Crippen MR) is 114 cm³/mol. The molecular weight excluding hydrogens is 404 g/mol. The highest BCUT2D eigenvalue weighted by atomic mass is 35.5. The van der Waals surface area contributed by atoms with Gasteiger partial charge in [-0.1, -0.05) is 23.7 Å². The second-order valence-electron chi connectivity index (χ2n) is 7.11. The third-order valence-corrected chi connectivity index (χ3v) is 5.18. The first-order valence-corrected chi connectivity index (χ1v) is 9.77. The number of nitrogens with zero attached hydrogens (tertiary/aromatic N) is 6. The maximum Gasteiger partial charge on any atom is 0.368 e. The average molecular weight is 425 g/mol. The van der Waals surface area contributed by atoms with Crippen LogP contribution in [0.5, 0.6) is 5.75 Å². The number of aromatic nitrogens is 6. The number of rotatable bonds is 5. The number of tetrazole rings is 1. The molecule has 2 aromatic carbocycles. The molecule has 0 atom stereocenters. The Hall–Kier alpha value is -3.39. The minimum absolute atomic E-state index is 0.251. The predicted octanol–water partition coefficient (Wildman–Crippen LogP) is 3.31. The van der Waals surface area contributed by atoms with Crippen molar-refractivity contribution in [2.24, 2.45) is 7.05 Å². The fourth-order valence-electron chi connectivity index (χ4n) is 3.32. The number of hydrogen-bond donors (Lipinski definition) is 0. The number of halogens is 1. The van der Waals surface area contributed by atoms with Gasteiger partial charge in [0.2, 0.25) is 0 Å². The van der Waals surface area contributed by atoms with E-state index in [-0.39, 0.29) is 12.3 Å². The lowest BCUT2D eigenvalue weighted by atomic mass is 10.1. The first-order valence-electron chi connectivity index (χ1n) is 9.39. The summed E-state index contributed by atoms with van der Waals surface area (Å²) in [6.07, 6.45) is 0. The molecule has 0 fully saturated rings. The van der Waals surface area contributed by atoms with E-state index < -0.39 is 0 Å². The van der Waals surface area contributed by atoms with Gasteiger partial charge in [0.25, 0.3) is 0 Å². The topological polar surface area (TPSA) is 79.8 Å². The molecule has 9 heteroatoms. The van der Waals surface area contributed by atoms with Gasteiger partial charge in [0.1, 0.15) is 12.4 Å². The van der Waals surface area contributed by atoms with Crippen LogP contribution >= 0.6 is 11.6 Å². The van der Waals surface area contributed by atoms with Gasteiger partial charge in [0.05, 0.1) is 22.1 Å². The Bertz CT molecular complexity index is 1290. The highest BCUT2D eigenvalue weighted by Gasteiger charge is 2.14. The van der Waals surface area contributed by atoms with Crippen molar-refractivity contribution in [3.8, 4) is 17.1 Å². The van der Waals surface area contributed by atoms with Crippen LogP contribution in [0.3, 0.4) is 0 Å². The lowest BCUT2D eigenvalue weighted by molar-refractivity contribution is 0.304. The van der Waals surface area contributed by atoms with Crippen molar-refractivity contribution >= 4 is 11.6 Å². The Morgan fingerprint density at radius 3 is 2.43 bits per heavy atom. The molecule has 4 aromatic rings. The van der Waals surface area contributed by atoms with Gasteiger partial charge >= 0.3 is 5.69 Å². The van der Waals surface area contributed by atoms with Crippen LogP contribution in [0.1, 0.15) is 22.5 Å².